The maximum atomic E-state index is 5.81. The predicted molar refractivity (Wildman–Crippen MR) is 104 cm³/mol. The van der Waals surface area contributed by atoms with Gasteiger partial charge in [-0.1, -0.05) is 51.0 Å². The fourth-order valence-corrected chi connectivity index (χ4v) is 3.73. The highest BCUT2D eigenvalue weighted by Gasteiger charge is 2.13. The van der Waals surface area contributed by atoms with Crippen LogP contribution in [0.15, 0.2) is 42.5 Å². The summed E-state index contributed by atoms with van der Waals surface area (Å²) in [5, 5.41) is 6.14. The SMILES string of the molecule is COCOc1c(C)cccc1Pc1ccccc1CNC(C)(C)C. The number of hydrogen-bond acceptors (Lipinski definition) is 3. The molecule has 24 heavy (non-hydrogen) atoms. The highest BCUT2D eigenvalue weighted by Crippen LogP contribution is 2.24. The molecule has 0 bridgehead atoms. The summed E-state index contributed by atoms with van der Waals surface area (Å²) in [4.78, 5) is 0. The lowest BCUT2D eigenvalue weighted by Crippen LogP contribution is -2.36. The van der Waals surface area contributed by atoms with E-state index in [1.165, 1.54) is 16.2 Å². The molecule has 0 aliphatic rings. The Morgan fingerprint density at radius 1 is 1.00 bits per heavy atom. The molecule has 0 spiro atoms. The molecule has 0 saturated carbocycles. The minimum atomic E-state index is 0.103. The van der Waals surface area contributed by atoms with Gasteiger partial charge >= 0.3 is 0 Å². The van der Waals surface area contributed by atoms with Gasteiger partial charge in [-0.15, -0.1) is 0 Å². The van der Waals surface area contributed by atoms with E-state index in [1.54, 1.807) is 7.11 Å². The molecule has 1 unspecified atom stereocenters. The van der Waals surface area contributed by atoms with Crippen molar-refractivity contribution in [2.24, 2.45) is 0 Å². The fourth-order valence-electron chi connectivity index (χ4n) is 2.36. The number of benzene rings is 2. The van der Waals surface area contributed by atoms with E-state index in [1.807, 2.05) is 0 Å². The van der Waals surface area contributed by atoms with E-state index in [4.69, 9.17) is 9.47 Å². The van der Waals surface area contributed by atoms with Crippen molar-refractivity contribution >= 4 is 19.2 Å². The van der Waals surface area contributed by atoms with E-state index < -0.39 is 0 Å². The van der Waals surface area contributed by atoms with Crippen molar-refractivity contribution in [1.29, 1.82) is 0 Å². The molecule has 3 nitrogen and oxygen atoms in total. The first-order chi connectivity index (χ1) is 11.4. The topological polar surface area (TPSA) is 30.5 Å². The Morgan fingerprint density at radius 2 is 1.71 bits per heavy atom. The average molecular weight is 345 g/mol. The molecule has 0 aliphatic heterocycles. The average Bonchev–Trinajstić information content (AvgIpc) is 2.53. The number of rotatable bonds is 7. The minimum Gasteiger partial charge on any atom is -0.467 e. The van der Waals surface area contributed by atoms with Gasteiger partial charge in [0.15, 0.2) is 6.79 Å². The molecule has 0 fully saturated rings. The van der Waals surface area contributed by atoms with Gasteiger partial charge in [0.25, 0.3) is 0 Å². The van der Waals surface area contributed by atoms with Gasteiger partial charge in [0, 0.05) is 24.5 Å². The summed E-state index contributed by atoms with van der Waals surface area (Å²) in [6, 6.07) is 14.9. The number of nitrogens with one attached hydrogen (secondary N) is 1. The number of para-hydroxylation sites is 1. The van der Waals surface area contributed by atoms with Crippen LogP contribution in [-0.2, 0) is 11.3 Å². The predicted octanol–water partition coefficient (Wildman–Crippen LogP) is 3.50. The summed E-state index contributed by atoms with van der Waals surface area (Å²) >= 11 is 0. The number of hydrogen-bond donors (Lipinski definition) is 1. The lowest BCUT2D eigenvalue weighted by atomic mass is 10.1. The zero-order valence-corrected chi connectivity index (χ0v) is 16.3. The van der Waals surface area contributed by atoms with Crippen LogP contribution in [0.25, 0.3) is 0 Å². The standard InChI is InChI=1S/C20H28NO2P/c1-15-9-8-12-18(19(15)23-14-22-5)24-17-11-7-6-10-16(17)13-21-20(2,3)4/h6-12,21,24H,13-14H2,1-5H3. The second kappa shape index (κ2) is 8.62. The molecule has 2 aromatic carbocycles. The number of aryl methyl sites for hydroxylation is 1. The van der Waals surface area contributed by atoms with Crippen molar-refractivity contribution in [2.75, 3.05) is 13.9 Å². The van der Waals surface area contributed by atoms with Crippen LogP contribution in [-0.4, -0.2) is 19.4 Å². The highest BCUT2D eigenvalue weighted by atomic mass is 31.1. The molecule has 0 aromatic heterocycles. The first kappa shape index (κ1) is 18.9. The van der Waals surface area contributed by atoms with Crippen LogP contribution in [0, 0.1) is 6.92 Å². The second-order valence-corrected chi connectivity index (χ2v) is 8.22. The molecular formula is C20H28NO2P. The van der Waals surface area contributed by atoms with Crippen molar-refractivity contribution in [2.45, 2.75) is 39.8 Å². The smallest absolute Gasteiger partial charge is 0.188 e. The van der Waals surface area contributed by atoms with Crippen LogP contribution in [0.2, 0.25) is 0 Å². The van der Waals surface area contributed by atoms with Crippen molar-refractivity contribution < 1.29 is 9.47 Å². The Balaban J connectivity index is 2.24. The summed E-state index contributed by atoms with van der Waals surface area (Å²) < 4.78 is 10.9. The zero-order chi connectivity index (χ0) is 17.6. The Hall–Kier alpha value is -1.41. The monoisotopic (exact) mass is 345 g/mol. The first-order valence-corrected chi connectivity index (χ1v) is 9.22. The Bertz CT molecular complexity index is 665. The summed E-state index contributed by atoms with van der Waals surface area (Å²) in [5.74, 6) is 0.941. The molecule has 130 valence electrons. The zero-order valence-electron chi connectivity index (χ0n) is 15.3. The van der Waals surface area contributed by atoms with Crippen LogP contribution in [0.1, 0.15) is 31.9 Å². The molecule has 0 heterocycles. The molecule has 2 aromatic rings. The lowest BCUT2D eigenvalue weighted by Gasteiger charge is -2.22. The summed E-state index contributed by atoms with van der Waals surface area (Å²) in [7, 11) is 2.20. The molecule has 1 N–H and O–H groups in total. The largest absolute Gasteiger partial charge is 0.467 e. The molecule has 0 saturated heterocycles. The number of methoxy groups -OCH3 is 1. The van der Waals surface area contributed by atoms with Crippen molar-refractivity contribution in [3.8, 4) is 5.75 Å². The van der Waals surface area contributed by atoms with E-state index in [0.717, 1.165) is 17.9 Å². The van der Waals surface area contributed by atoms with Gasteiger partial charge in [-0.05, 0) is 44.1 Å². The van der Waals surface area contributed by atoms with Crippen molar-refractivity contribution in [3.63, 3.8) is 0 Å². The summed E-state index contributed by atoms with van der Waals surface area (Å²) in [5.41, 5.74) is 2.58. The summed E-state index contributed by atoms with van der Waals surface area (Å²) in [6.07, 6.45) is 0. The lowest BCUT2D eigenvalue weighted by molar-refractivity contribution is 0.0514. The van der Waals surface area contributed by atoms with Crippen molar-refractivity contribution in [1.82, 2.24) is 5.32 Å². The van der Waals surface area contributed by atoms with E-state index in [-0.39, 0.29) is 12.3 Å². The molecule has 0 aliphatic carbocycles. The van der Waals surface area contributed by atoms with Gasteiger partial charge in [-0.3, -0.25) is 0 Å². The van der Waals surface area contributed by atoms with Crippen LogP contribution in [0.3, 0.4) is 0 Å². The minimum absolute atomic E-state index is 0.103. The van der Waals surface area contributed by atoms with Gasteiger partial charge in [0.05, 0.1) is 0 Å². The third-order valence-electron chi connectivity index (χ3n) is 3.63. The van der Waals surface area contributed by atoms with Crippen LogP contribution < -0.4 is 20.7 Å². The Kier molecular flexibility index (Phi) is 6.79. The van der Waals surface area contributed by atoms with Gasteiger partial charge in [0.1, 0.15) is 5.75 Å². The Morgan fingerprint density at radius 3 is 2.42 bits per heavy atom. The summed E-state index contributed by atoms with van der Waals surface area (Å²) in [6.45, 7) is 9.79. The van der Waals surface area contributed by atoms with Crippen LogP contribution in [0.4, 0.5) is 0 Å². The second-order valence-electron chi connectivity index (χ2n) is 6.89. The molecule has 0 amide bonds. The molecule has 2 rings (SSSR count). The first-order valence-electron chi connectivity index (χ1n) is 8.22. The van der Waals surface area contributed by atoms with Crippen LogP contribution in [0.5, 0.6) is 5.75 Å². The van der Waals surface area contributed by atoms with E-state index in [2.05, 4.69) is 75.5 Å². The van der Waals surface area contributed by atoms with E-state index >= 15 is 0 Å². The fraction of sp³-hybridized carbons (Fsp3) is 0.400. The van der Waals surface area contributed by atoms with Gasteiger partial charge in [-0.2, -0.15) is 0 Å². The third-order valence-corrected chi connectivity index (χ3v) is 5.05. The van der Waals surface area contributed by atoms with E-state index in [0.29, 0.717) is 8.58 Å². The van der Waals surface area contributed by atoms with Crippen molar-refractivity contribution in [3.05, 3.63) is 53.6 Å². The van der Waals surface area contributed by atoms with Gasteiger partial charge in [-0.25, -0.2) is 0 Å². The normalized spacial score (nSPS) is 12.0. The molecule has 1 atom stereocenters. The number of ether oxygens (including phenoxy) is 2. The Labute approximate surface area is 147 Å². The van der Waals surface area contributed by atoms with Crippen LogP contribution >= 0.6 is 8.58 Å². The van der Waals surface area contributed by atoms with E-state index in [9.17, 15) is 0 Å². The van der Waals surface area contributed by atoms with Gasteiger partial charge < -0.3 is 14.8 Å². The molecular weight excluding hydrogens is 317 g/mol. The molecule has 0 radical (unpaired) electrons. The highest BCUT2D eigenvalue weighted by molar-refractivity contribution is 7.55. The quantitative estimate of drug-likeness (QED) is 0.615. The van der Waals surface area contributed by atoms with Gasteiger partial charge in [0.2, 0.25) is 0 Å². The third kappa shape index (κ3) is 5.59. The maximum Gasteiger partial charge on any atom is 0.188 e. The maximum absolute atomic E-state index is 5.81. The molecule has 4 heteroatoms.